The number of aromatic nitrogens is 6. The first-order valence-corrected chi connectivity index (χ1v) is 12.4. The average molecular weight is 514 g/mol. The molecule has 1 atom stereocenters. The van der Waals surface area contributed by atoms with E-state index in [1.165, 1.54) is 11.0 Å². The Kier molecular flexibility index (Phi) is 7.80. The first-order chi connectivity index (χ1) is 18.2. The smallest absolute Gasteiger partial charge is 0.356 e. The molecule has 10 nitrogen and oxygen atoms in total. The van der Waals surface area contributed by atoms with Crippen molar-refractivity contribution in [3.63, 3.8) is 0 Å². The van der Waals surface area contributed by atoms with Crippen LogP contribution in [0.3, 0.4) is 0 Å². The summed E-state index contributed by atoms with van der Waals surface area (Å²) in [5.41, 5.74) is 4.49. The zero-order valence-electron chi connectivity index (χ0n) is 22.1. The number of aromatic carboxylic acids is 1. The van der Waals surface area contributed by atoms with Crippen molar-refractivity contribution < 1.29 is 14.7 Å². The van der Waals surface area contributed by atoms with Gasteiger partial charge >= 0.3 is 5.97 Å². The van der Waals surface area contributed by atoms with E-state index in [1.54, 1.807) is 11.6 Å². The van der Waals surface area contributed by atoms with Crippen molar-refractivity contribution in [3.8, 4) is 22.5 Å². The third kappa shape index (κ3) is 5.39. The van der Waals surface area contributed by atoms with Gasteiger partial charge < -0.3 is 9.67 Å². The van der Waals surface area contributed by atoms with E-state index in [0.717, 1.165) is 34.2 Å². The summed E-state index contributed by atoms with van der Waals surface area (Å²) >= 11 is 0. The van der Waals surface area contributed by atoms with Gasteiger partial charge in [0.05, 0.1) is 0 Å². The molecule has 0 saturated carbocycles. The van der Waals surface area contributed by atoms with Crippen LogP contribution in [0.1, 0.15) is 61.9 Å². The van der Waals surface area contributed by atoms with Crippen molar-refractivity contribution in [3.05, 3.63) is 77.3 Å². The quantitative estimate of drug-likeness (QED) is 0.304. The molecular weight excluding hydrogens is 482 g/mol. The molecule has 196 valence electrons. The highest BCUT2D eigenvalue weighted by atomic mass is 16.4. The summed E-state index contributed by atoms with van der Waals surface area (Å²) in [6, 6.07) is 15.7. The highest BCUT2D eigenvalue weighted by Gasteiger charge is 2.29. The number of benzene rings is 2. The molecule has 0 spiro atoms. The number of amides is 1. The number of anilines is 1. The normalized spacial score (nSPS) is 11.7. The van der Waals surface area contributed by atoms with Gasteiger partial charge in [-0.05, 0) is 42.2 Å². The molecule has 0 saturated heterocycles. The first kappa shape index (κ1) is 26.5. The number of allylic oxidation sites excluding steroid dienone is 1. The molecule has 2 heterocycles. The number of H-pyrrole nitrogens is 1. The lowest BCUT2D eigenvalue weighted by atomic mass is 9.98. The molecule has 2 aromatic heterocycles. The summed E-state index contributed by atoms with van der Waals surface area (Å²) in [6.45, 7) is 7.96. The Hall–Kier alpha value is -4.60. The van der Waals surface area contributed by atoms with E-state index in [0.29, 0.717) is 18.2 Å². The Morgan fingerprint density at radius 1 is 1.11 bits per heavy atom. The van der Waals surface area contributed by atoms with Crippen molar-refractivity contribution in [2.45, 2.75) is 46.6 Å². The molecule has 1 unspecified atom stereocenters. The fourth-order valence-electron chi connectivity index (χ4n) is 4.25. The lowest BCUT2D eigenvalue weighted by Crippen LogP contribution is -2.27. The number of carbonyl (C=O) groups excluding carboxylic acids is 1. The number of rotatable bonds is 9. The summed E-state index contributed by atoms with van der Waals surface area (Å²) in [5, 5.41) is 24.6. The monoisotopic (exact) mass is 513 g/mol. The Labute approximate surface area is 221 Å². The van der Waals surface area contributed by atoms with Gasteiger partial charge in [0.1, 0.15) is 5.82 Å². The number of hydrogen-bond donors (Lipinski definition) is 2. The molecule has 0 aliphatic heterocycles. The van der Waals surface area contributed by atoms with E-state index in [9.17, 15) is 14.7 Å². The Bertz CT molecular complexity index is 1470. The van der Waals surface area contributed by atoms with Crippen LogP contribution in [-0.4, -0.2) is 54.2 Å². The van der Waals surface area contributed by atoms with Crippen LogP contribution in [0.15, 0.2) is 60.2 Å². The Morgan fingerprint density at radius 2 is 1.79 bits per heavy atom. The summed E-state index contributed by atoms with van der Waals surface area (Å²) < 4.78 is 1.71. The maximum atomic E-state index is 12.7. The lowest BCUT2D eigenvalue weighted by molar-refractivity contribution is -0.114. The zero-order chi connectivity index (χ0) is 27.4. The van der Waals surface area contributed by atoms with E-state index in [-0.39, 0.29) is 23.3 Å². The van der Waals surface area contributed by atoms with E-state index in [1.807, 2.05) is 76.2 Å². The van der Waals surface area contributed by atoms with Gasteiger partial charge in [-0.3, -0.25) is 9.69 Å². The first-order valence-electron chi connectivity index (χ1n) is 12.4. The van der Waals surface area contributed by atoms with Crippen LogP contribution in [0, 0.1) is 0 Å². The van der Waals surface area contributed by atoms with Crippen LogP contribution in [-0.2, 0) is 11.3 Å². The molecule has 0 fully saturated rings. The number of carboxylic acids is 1. The number of nitrogens with zero attached hydrogens (tertiary/aromatic N) is 6. The van der Waals surface area contributed by atoms with Gasteiger partial charge in [0.25, 0.3) is 5.91 Å². The van der Waals surface area contributed by atoms with Crippen molar-refractivity contribution in [2.75, 3.05) is 11.9 Å². The lowest BCUT2D eigenvalue weighted by Gasteiger charge is -2.16. The molecule has 0 radical (unpaired) electrons. The average Bonchev–Trinajstić information content (AvgIpc) is 3.56. The molecule has 2 N–H and O–H groups in total. The molecule has 38 heavy (non-hydrogen) atoms. The second kappa shape index (κ2) is 11.2. The highest BCUT2D eigenvalue weighted by Crippen LogP contribution is 2.31. The second-order valence-electron chi connectivity index (χ2n) is 9.44. The van der Waals surface area contributed by atoms with Crippen LogP contribution in [0.2, 0.25) is 0 Å². The maximum absolute atomic E-state index is 12.7. The topological polar surface area (TPSA) is 130 Å². The zero-order valence-corrected chi connectivity index (χ0v) is 22.1. The number of hydrogen-bond acceptors (Lipinski definition) is 6. The highest BCUT2D eigenvalue weighted by molar-refractivity contribution is 6.04. The fraction of sp³-hybridized carbons (Fsp3) is 0.286. The van der Waals surface area contributed by atoms with Gasteiger partial charge in [-0.2, -0.15) is 5.21 Å². The third-order valence-electron chi connectivity index (χ3n) is 6.41. The minimum Gasteiger partial charge on any atom is -0.476 e. The molecule has 2 aromatic carbocycles. The van der Waals surface area contributed by atoms with Gasteiger partial charge in [-0.1, -0.05) is 68.0 Å². The fourth-order valence-corrected chi connectivity index (χ4v) is 4.25. The van der Waals surface area contributed by atoms with Crippen molar-refractivity contribution >= 4 is 17.7 Å². The van der Waals surface area contributed by atoms with Crippen LogP contribution in [0.4, 0.5) is 5.82 Å². The number of aromatic amines is 1. The SMILES string of the molecule is CCC(C)c1nc(N(C)C(=O)C=C(C)C)c(C(=O)O)n1Cc1ccc(-c2ccccc2-c2nn[nH]n2)cc1. The predicted octanol–water partition coefficient (Wildman–Crippen LogP) is 4.92. The predicted molar refractivity (Wildman–Crippen MR) is 145 cm³/mol. The number of imidazole rings is 1. The summed E-state index contributed by atoms with van der Waals surface area (Å²) in [5.74, 6) is -0.187. The summed E-state index contributed by atoms with van der Waals surface area (Å²) in [7, 11) is 1.55. The van der Waals surface area contributed by atoms with E-state index in [2.05, 4.69) is 25.6 Å². The molecule has 0 aliphatic carbocycles. The van der Waals surface area contributed by atoms with Crippen LogP contribution in [0.25, 0.3) is 22.5 Å². The van der Waals surface area contributed by atoms with Crippen molar-refractivity contribution in [1.82, 2.24) is 30.2 Å². The molecule has 4 rings (SSSR count). The third-order valence-corrected chi connectivity index (χ3v) is 6.41. The van der Waals surface area contributed by atoms with Gasteiger partial charge in [0.15, 0.2) is 11.5 Å². The van der Waals surface area contributed by atoms with Crippen LogP contribution >= 0.6 is 0 Å². The standard InChI is InChI=1S/C28H31N7O3/c1-6-18(4)26-29-27(34(5)23(36)15-17(2)3)24(28(37)38)35(26)16-19-11-13-20(14-12-19)21-9-7-8-10-22(21)25-30-32-33-31-25/h7-15,18H,6,16H2,1-5H3,(H,37,38)(H,30,31,32,33). The van der Waals surface area contributed by atoms with E-state index >= 15 is 0 Å². The minimum absolute atomic E-state index is 0.00471. The van der Waals surface area contributed by atoms with Crippen LogP contribution < -0.4 is 4.90 Å². The largest absolute Gasteiger partial charge is 0.476 e. The summed E-state index contributed by atoms with van der Waals surface area (Å²) in [4.78, 5) is 31.2. The molecule has 1 amide bonds. The van der Waals surface area contributed by atoms with Gasteiger partial charge in [0, 0.05) is 31.1 Å². The van der Waals surface area contributed by atoms with Gasteiger partial charge in [-0.15, -0.1) is 10.2 Å². The van der Waals surface area contributed by atoms with Gasteiger partial charge in [0.2, 0.25) is 5.82 Å². The van der Waals surface area contributed by atoms with E-state index < -0.39 is 5.97 Å². The van der Waals surface area contributed by atoms with Crippen molar-refractivity contribution in [1.29, 1.82) is 0 Å². The number of nitrogens with one attached hydrogen (secondary N) is 1. The maximum Gasteiger partial charge on any atom is 0.356 e. The molecule has 0 aliphatic rings. The van der Waals surface area contributed by atoms with Crippen LogP contribution in [0.5, 0.6) is 0 Å². The Morgan fingerprint density at radius 3 is 2.37 bits per heavy atom. The second-order valence-corrected chi connectivity index (χ2v) is 9.44. The van der Waals surface area contributed by atoms with Gasteiger partial charge in [-0.25, -0.2) is 9.78 Å². The van der Waals surface area contributed by atoms with Crippen molar-refractivity contribution in [2.24, 2.45) is 0 Å². The molecule has 10 heteroatoms. The number of likely N-dealkylation sites (N-methyl/N-ethyl adjacent to an activating group) is 1. The number of carboxylic acid groups (broad SMARTS) is 1. The minimum atomic E-state index is -1.13. The van der Waals surface area contributed by atoms with E-state index in [4.69, 9.17) is 0 Å². The molecule has 4 aromatic rings. The Balaban J connectivity index is 1.73. The number of tetrazole rings is 1. The summed E-state index contributed by atoms with van der Waals surface area (Å²) in [6.07, 6.45) is 2.24. The number of carbonyl (C=O) groups is 2. The molecular formula is C28H31N7O3. The molecule has 0 bridgehead atoms.